The number of thiophene rings is 1. The molecule has 1 fully saturated rings. The van der Waals surface area contributed by atoms with E-state index in [1.54, 1.807) is 11.3 Å². The van der Waals surface area contributed by atoms with E-state index in [9.17, 15) is 4.79 Å². The Morgan fingerprint density at radius 3 is 2.55 bits per heavy atom. The molecule has 1 N–H and O–H groups in total. The molecule has 4 rings (SSSR count). The first kappa shape index (κ1) is 22.5. The van der Waals surface area contributed by atoms with Crippen LogP contribution in [0.5, 0.6) is 0 Å². The van der Waals surface area contributed by atoms with Crippen LogP contribution in [0.4, 0.5) is 0 Å². The lowest BCUT2D eigenvalue weighted by molar-refractivity contribution is 0.0383. The van der Waals surface area contributed by atoms with Gasteiger partial charge in [-0.15, -0.1) is 11.3 Å². The van der Waals surface area contributed by atoms with Crippen LogP contribution >= 0.6 is 27.3 Å². The van der Waals surface area contributed by atoms with Crippen molar-refractivity contribution in [3.8, 4) is 0 Å². The minimum Gasteiger partial charge on any atom is -0.379 e. The number of morpholine rings is 1. The first-order valence-electron chi connectivity index (χ1n) is 10.8. The van der Waals surface area contributed by atoms with Crippen LogP contribution in [0, 0.1) is 0 Å². The van der Waals surface area contributed by atoms with Gasteiger partial charge < -0.3 is 14.6 Å². The molecule has 1 amide bonds. The summed E-state index contributed by atoms with van der Waals surface area (Å²) >= 11 is 5.25. The zero-order valence-electron chi connectivity index (χ0n) is 18.4. The van der Waals surface area contributed by atoms with Gasteiger partial charge in [-0.1, -0.05) is 45.0 Å². The molecule has 5 nitrogen and oxygen atoms in total. The van der Waals surface area contributed by atoms with Crippen molar-refractivity contribution in [1.82, 2.24) is 14.8 Å². The minimum absolute atomic E-state index is 0.0147. The number of ether oxygens (including phenoxy) is 1. The number of nitrogens with zero attached hydrogens (tertiary/aromatic N) is 2. The van der Waals surface area contributed by atoms with Crippen LogP contribution in [0.1, 0.15) is 42.4 Å². The molecule has 0 atom stereocenters. The monoisotopic (exact) mass is 503 g/mol. The fraction of sp³-hybridized carbons (Fsp3) is 0.458. The van der Waals surface area contributed by atoms with E-state index in [1.807, 2.05) is 6.07 Å². The van der Waals surface area contributed by atoms with Crippen molar-refractivity contribution in [3.63, 3.8) is 0 Å². The van der Waals surface area contributed by atoms with E-state index in [4.69, 9.17) is 4.74 Å². The predicted octanol–water partition coefficient (Wildman–Crippen LogP) is 4.87. The summed E-state index contributed by atoms with van der Waals surface area (Å²) < 4.78 is 9.72. The fourth-order valence-corrected chi connectivity index (χ4v) is 5.47. The second-order valence-corrected chi connectivity index (χ2v) is 11.5. The van der Waals surface area contributed by atoms with Crippen LogP contribution in [0.25, 0.3) is 10.2 Å². The van der Waals surface area contributed by atoms with Gasteiger partial charge in [-0.05, 0) is 44.6 Å². The third-order valence-corrected chi connectivity index (χ3v) is 7.34. The molecule has 3 aromatic rings. The van der Waals surface area contributed by atoms with Gasteiger partial charge in [0.2, 0.25) is 0 Å². The number of carbonyl (C=O) groups excluding carboxylic acids is 1. The molecule has 1 aromatic carbocycles. The van der Waals surface area contributed by atoms with Crippen LogP contribution in [-0.2, 0) is 16.7 Å². The van der Waals surface area contributed by atoms with E-state index in [0.717, 1.165) is 52.5 Å². The summed E-state index contributed by atoms with van der Waals surface area (Å²) in [6, 6.07) is 12.9. The second kappa shape index (κ2) is 9.45. The Morgan fingerprint density at radius 2 is 1.87 bits per heavy atom. The first-order chi connectivity index (χ1) is 14.8. The lowest BCUT2D eigenvalue weighted by Crippen LogP contribution is -2.41. The Hall–Kier alpha value is -1.67. The van der Waals surface area contributed by atoms with Crippen LogP contribution in [-0.4, -0.2) is 54.8 Å². The topological polar surface area (TPSA) is 46.5 Å². The van der Waals surface area contributed by atoms with E-state index in [0.29, 0.717) is 13.1 Å². The molecule has 1 aliphatic heterocycles. The zero-order valence-corrected chi connectivity index (χ0v) is 20.8. The highest BCUT2D eigenvalue weighted by molar-refractivity contribution is 9.11. The van der Waals surface area contributed by atoms with Gasteiger partial charge >= 0.3 is 0 Å². The summed E-state index contributed by atoms with van der Waals surface area (Å²) in [5, 5.41) is 3.12. The van der Waals surface area contributed by atoms with Crippen LogP contribution in [0.15, 0.2) is 40.2 Å². The molecule has 0 spiro atoms. The van der Waals surface area contributed by atoms with Crippen molar-refractivity contribution in [2.24, 2.45) is 0 Å². The van der Waals surface area contributed by atoms with Crippen LogP contribution in [0.2, 0.25) is 0 Å². The molecule has 0 aliphatic carbocycles. The zero-order chi connectivity index (χ0) is 22.0. The van der Waals surface area contributed by atoms with Crippen LogP contribution in [0.3, 0.4) is 0 Å². The maximum Gasteiger partial charge on any atom is 0.268 e. The van der Waals surface area contributed by atoms with Crippen molar-refractivity contribution >= 4 is 43.4 Å². The largest absolute Gasteiger partial charge is 0.379 e. The summed E-state index contributed by atoms with van der Waals surface area (Å²) in [7, 11) is 0. The highest BCUT2D eigenvalue weighted by Gasteiger charge is 2.19. The molecular formula is C24H30BrN3O2S. The quantitative estimate of drug-likeness (QED) is 0.521. The number of benzene rings is 1. The van der Waals surface area contributed by atoms with Crippen molar-refractivity contribution in [1.29, 1.82) is 0 Å². The van der Waals surface area contributed by atoms with Gasteiger partial charge in [0.05, 0.1) is 27.2 Å². The Balaban J connectivity index is 1.51. The Labute approximate surface area is 196 Å². The highest BCUT2D eigenvalue weighted by Crippen LogP contribution is 2.33. The third kappa shape index (κ3) is 5.40. The number of hydrogen-bond donors (Lipinski definition) is 1. The lowest BCUT2D eigenvalue weighted by atomic mass is 9.87. The summed E-state index contributed by atoms with van der Waals surface area (Å²) in [4.78, 5) is 15.4. The van der Waals surface area contributed by atoms with Gasteiger partial charge in [-0.25, -0.2) is 0 Å². The van der Waals surface area contributed by atoms with Gasteiger partial charge in [-0.2, -0.15) is 0 Å². The van der Waals surface area contributed by atoms with Gasteiger partial charge in [0, 0.05) is 32.7 Å². The van der Waals surface area contributed by atoms with Crippen molar-refractivity contribution < 1.29 is 9.53 Å². The third-order valence-electron chi connectivity index (χ3n) is 5.77. The number of hydrogen-bond acceptors (Lipinski definition) is 4. The van der Waals surface area contributed by atoms with Gasteiger partial charge in [-0.3, -0.25) is 9.69 Å². The number of aromatic nitrogens is 1. The molecule has 1 aliphatic rings. The Kier molecular flexibility index (Phi) is 6.86. The van der Waals surface area contributed by atoms with Gasteiger partial charge in [0.1, 0.15) is 5.69 Å². The van der Waals surface area contributed by atoms with E-state index in [-0.39, 0.29) is 11.3 Å². The summed E-state index contributed by atoms with van der Waals surface area (Å²) in [5.74, 6) is -0.0147. The average Bonchev–Trinajstić information content (AvgIpc) is 3.25. The summed E-state index contributed by atoms with van der Waals surface area (Å²) in [5.41, 5.74) is 4.44. The lowest BCUT2D eigenvalue weighted by Gasteiger charge is -2.26. The molecule has 0 radical (unpaired) electrons. The minimum atomic E-state index is -0.0147. The van der Waals surface area contributed by atoms with E-state index in [1.165, 1.54) is 11.1 Å². The van der Waals surface area contributed by atoms with Gasteiger partial charge in [0.25, 0.3) is 5.91 Å². The molecule has 0 saturated carbocycles. The fourth-order valence-electron chi connectivity index (χ4n) is 3.91. The maximum absolute atomic E-state index is 13.1. The number of halogens is 1. The Bertz CT molecular complexity index is 1040. The van der Waals surface area contributed by atoms with E-state index < -0.39 is 0 Å². The van der Waals surface area contributed by atoms with Crippen molar-refractivity contribution in [3.05, 3.63) is 57.0 Å². The van der Waals surface area contributed by atoms with E-state index >= 15 is 0 Å². The van der Waals surface area contributed by atoms with Crippen molar-refractivity contribution in [2.45, 2.75) is 32.7 Å². The average molecular weight is 504 g/mol. The highest BCUT2D eigenvalue weighted by atomic mass is 79.9. The number of amides is 1. The Morgan fingerprint density at radius 1 is 1.16 bits per heavy atom. The normalized spacial score (nSPS) is 15.5. The number of fused-ring (bicyclic) bond motifs is 1. The molecule has 7 heteroatoms. The van der Waals surface area contributed by atoms with E-state index in [2.05, 4.69) is 81.8 Å². The standard InChI is InChI=1S/C24H30BrN3O2S/c1-24(2,3)18-6-4-17(5-7-18)16-28-19-15-22(25)31-21(19)14-20(28)23(29)26-8-9-27-10-12-30-13-11-27/h4-7,14-15H,8-13,16H2,1-3H3,(H,26,29). The SMILES string of the molecule is CC(C)(C)c1ccc(Cn2c(C(=O)NCCN3CCOCC3)cc3sc(Br)cc32)cc1. The maximum atomic E-state index is 13.1. The smallest absolute Gasteiger partial charge is 0.268 e. The molecule has 166 valence electrons. The molecule has 3 heterocycles. The number of nitrogens with one attached hydrogen (secondary N) is 1. The predicted molar refractivity (Wildman–Crippen MR) is 131 cm³/mol. The van der Waals surface area contributed by atoms with Crippen LogP contribution < -0.4 is 5.32 Å². The van der Waals surface area contributed by atoms with Gasteiger partial charge in [0.15, 0.2) is 0 Å². The molecule has 0 unspecified atom stereocenters. The molecule has 1 saturated heterocycles. The molecule has 31 heavy (non-hydrogen) atoms. The molecule has 2 aromatic heterocycles. The second-order valence-electron chi connectivity index (χ2n) is 9.07. The van der Waals surface area contributed by atoms with Crippen molar-refractivity contribution in [2.75, 3.05) is 39.4 Å². The molecule has 0 bridgehead atoms. The number of rotatable bonds is 6. The summed E-state index contributed by atoms with van der Waals surface area (Å²) in [6.45, 7) is 12.2. The number of carbonyl (C=O) groups is 1. The summed E-state index contributed by atoms with van der Waals surface area (Å²) in [6.07, 6.45) is 0. The first-order valence-corrected chi connectivity index (χ1v) is 12.4. The molecular weight excluding hydrogens is 474 g/mol.